The van der Waals surface area contributed by atoms with Gasteiger partial charge in [0.15, 0.2) is 17.4 Å². The van der Waals surface area contributed by atoms with E-state index in [2.05, 4.69) is 5.10 Å². The first-order chi connectivity index (χ1) is 11.5. The van der Waals surface area contributed by atoms with Crippen molar-refractivity contribution in [2.24, 2.45) is 0 Å². The minimum atomic E-state index is -1.00. The summed E-state index contributed by atoms with van der Waals surface area (Å²) in [5.74, 6) is -1.78. The van der Waals surface area contributed by atoms with Gasteiger partial charge in [0.2, 0.25) is 0 Å². The normalized spacial score (nSPS) is 16.0. The number of methoxy groups -OCH3 is 1. The molecule has 0 amide bonds. The van der Waals surface area contributed by atoms with E-state index in [4.69, 9.17) is 9.84 Å². The highest BCUT2D eigenvalue weighted by Crippen LogP contribution is 2.26. The molecule has 0 aliphatic carbocycles. The van der Waals surface area contributed by atoms with E-state index in [-0.39, 0.29) is 12.4 Å². The molecule has 8 heteroatoms. The largest absolute Gasteiger partial charge is 0.491 e. The first-order valence-electron chi connectivity index (χ1n) is 7.62. The molecule has 0 bridgehead atoms. The van der Waals surface area contributed by atoms with Crippen molar-refractivity contribution in [3.63, 3.8) is 0 Å². The van der Waals surface area contributed by atoms with Gasteiger partial charge in [-0.1, -0.05) is 6.07 Å². The molecule has 2 heterocycles. The Balaban J connectivity index is 1.76. The number of aliphatic hydroxyl groups excluding tert-OH is 2. The fourth-order valence-corrected chi connectivity index (χ4v) is 2.86. The fraction of sp³-hybridized carbons (Fsp3) is 0.438. The van der Waals surface area contributed by atoms with Crippen LogP contribution >= 0.6 is 0 Å². The molecule has 3 rings (SSSR count). The van der Waals surface area contributed by atoms with Gasteiger partial charge < -0.3 is 14.9 Å². The maximum atomic E-state index is 14.3. The van der Waals surface area contributed by atoms with Crippen molar-refractivity contribution >= 4 is 0 Å². The number of benzene rings is 1. The number of rotatable bonds is 5. The minimum Gasteiger partial charge on any atom is -0.491 e. The lowest BCUT2D eigenvalue weighted by molar-refractivity contribution is 0.0915. The molecule has 0 unspecified atom stereocenters. The second-order valence-corrected chi connectivity index (χ2v) is 5.75. The Morgan fingerprint density at radius 2 is 2.12 bits per heavy atom. The third kappa shape index (κ3) is 3.12. The first-order valence-corrected chi connectivity index (χ1v) is 7.62. The maximum Gasteiger partial charge on any atom is 0.190 e. The number of nitrogens with zero attached hydrogens (tertiary/aromatic N) is 3. The summed E-state index contributed by atoms with van der Waals surface area (Å²) in [7, 11) is 1.23. The number of hydrogen-bond donors (Lipinski definition) is 2. The zero-order valence-electron chi connectivity index (χ0n) is 13.2. The Hall–Kier alpha value is -2.03. The third-order valence-electron chi connectivity index (χ3n) is 4.14. The monoisotopic (exact) mass is 339 g/mol. The molecule has 1 aliphatic heterocycles. The van der Waals surface area contributed by atoms with Crippen molar-refractivity contribution in [1.82, 2.24) is 14.7 Å². The van der Waals surface area contributed by atoms with Crippen molar-refractivity contribution in [3.8, 4) is 5.75 Å². The van der Waals surface area contributed by atoms with E-state index < -0.39 is 17.7 Å². The number of aromatic nitrogens is 2. The summed E-state index contributed by atoms with van der Waals surface area (Å²) in [5.41, 5.74) is 1.65. The van der Waals surface area contributed by atoms with Crippen LogP contribution in [0.1, 0.15) is 23.1 Å². The molecule has 1 atom stereocenters. The van der Waals surface area contributed by atoms with Crippen molar-refractivity contribution in [2.75, 3.05) is 20.3 Å². The molecule has 6 nitrogen and oxygen atoms in total. The molecule has 1 aromatic carbocycles. The summed E-state index contributed by atoms with van der Waals surface area (Å²) >= 11 is 0. The Morgan fingerprint density at radius 3 is 2.83 bits per heavy atom. The smallest absolute Gasteiger partial charge is 0.190 e. The third-order valence-corrected chi connectivity index (χ3v) is 4.14. The van der Waals surface area contributed by atoms with E-state index in [1.54, 1.807) is 10.7 Å². The molecule has 2 N–H and O–H groups in total. The van der Waals surface area contributed by atoms with E-state index in [9.17, 15) is 13.9 Å². The van der Waals surface area contributed by atoms with Crippen LogP contribution in [0.5, 0.6) is 5.75 Å². The van der Waals surface area contributed by atoms with E-state index >= 15 is 0 Å². The van der Waals surface area contributed by atoms with Crippen LogP contribution in [-0.2, 0) is 19.6 Å². The predicted molar refractivity (Wildman–Crippen MR) is 81.3 cm³/mol. The summed E-state index contributed by atoms with van der Waals surface area (Å²) in [6.45, 7) is 1.67. The lowest BCUT2D eigenvalue weighted by Gasteiger charge is -2.27. The quantitative estimate of drug-likeness (QED) is 0.857. The fourth-order valence-electron chi connectivity index (χ4n) is 2.86. The van der Waals surface area contributed by atoms with E-state index in [1.807, 2.05) is 4.90 Å². The van der Waals surface area contributed by atoms with Gasteiger partial charge in [-0.25, -0.2) is 8.78 Å². The van der Waals surface area contributed by atoms with Gasteiger partial charge in [-0.05, 0) is 12.1 Å². The zero-order chi connectivity index (χ0) is 17.3. The van der Waals surface area contributed by atoms with Gasteiger partial charge in [0.25, 0.3) is 0 Å². The van der Waals surface area contributed by atoms with E-state index in [0.717, 1.165) is 5.69 Å². The second kappa shape index (κ2) is 6.84. The Kier molecular flexibility index (Phi) is 4.79. The predicted octanol–water partition coefficient (Wildman–Crippen LogP) is 1.21. The number of fused-ring (bicyclic) bond motifs is 1. The standard InChI is InChI=1S/C16H19F2N3O3/c1-24-16-12(17)3-2-10(15(16)18)7-20-4-5-21-11(8-20)6-13(19-21)14(23)9-22/h2-3,6,14,22-23H,4-5,7-9H2,1H3/t14-/m0/s1. The second-order valence-electron chi connectivity index (χ2n) is 5.75. The highest BCUT2D eigenvalue weighted by molar-refractivity contribution is 5.32. The molecule has 1 aromatic heterocycles. The summed E-state index contributed by atoms with van der Waals surface area (Å²) < 4.78 is 34.3. The van der Waals surface area contributed by atoms with E-state index in [1.165, 1.54) is 19.2 Å². The number of halogens is 2. The number of ether oxygens (including phenoxy) is 1. The van der Waals surface area contributed by atoms with Gasteiger partial charge >= 0.3 is 0 Å². The van der Waals surface area contributed by atoms with Crippen LogP contribution in [0.4, 0.5) is 8.78 Å². The van der Waals surface area contributed by atoms with Gasteiger partial charge in [0, 0.05) is 25.2 Å². The van der Waals surface area contributed by atoms with Crippen LogP contribution in [0.2, 0.25) is 0 Å². The van der Waals surface area contributed by atoms with Crippen LogP contribution in [0.25, 0.3) is 0 Å². The Morgan fingerprint density at radius 1 is 1.33 bits per heavy atom. The highest BCUT2D eigenvalue weighted by atomic mass is 19.1. The van der Waals surface area contributed by atoms with Crippen LogP contribution in [0, 0.1) is 11.6 Å². The SMILES string of the molecule is COc1c(F)ccc(CN2CCn3nc([C@@H](O)CO)cc3C2)c1F. The molecule has 0 saturated carbocycles. The molecule has 0 fully saturated rings. The van der Waals surface area contributed by atoms with Crippen LogP contribution in [0.15, 0.2) is 18.2 Å². The van der Waals surface area contributed by atoms with Crippen molar-refractivity contribution in [2.45, 2.75) is 25.7 Å². The summed E-state index contributed by atoms with van der Waals surface area (Å²) in [5, 5.41) is 22.9. The molecular weight excluding hydrogens is 320 g/mol. The molecule has 0 radical (unpaired) electrons. The Bertz CT molecular complexity index is 736. The first kappa shape index (κ1) is 16.8. The van der Waals surface area contributed by atoms with Gasteiger partial charge in [-0.15, -0.1) is 0 Å². The van der Waals surface area contributed by atoms with Gasteiger partial charge in [-0.2, -0.15) is 5.10 Å². The number of hydrogen-bond acceptors (Lipinski definition) is 5. The lowest BCUT2D eigenvalue weighted by atomic mass is 10.1. The average molecular weight is 339 g/mol. The van der Waals surface area contributed by atoms with Crippen molar-refractivity contribution < 1.29 is 23.7 Å². The molecular formula is C16H19F2N3O3. The van der Waals surface area contributed by atoms with Crippen LogP contribution < -0.4 is 4.74 Å². The van der Waals surface area contributed by atoms with Crippen molar-refractivity contribution in [1.29, 1.82) is 0 Å². The lowest BCUT2D eigenvalue weighted by Crippen LogP contribution is -2.33. The summed E-state index contributed by atoms with van der Waals surface area (Å²) in [6.07, 6.45) is -1.00. The highest BCUT2D eigenvalue weighted by Gasteiger charge is 2.23. The molecule has 130 valence electrons. The summed E-state index contributed by atoms with van der Waals surface area (Å²) in [6, 6.07) is 4.34. The van der Waals surface area contributed by atoms with Crippen LogP contribution in [0.3, 0.4) is 0 Å². The van der Waals surface area contributed by atoms with E-state index in [0.29, 0.717) is 37.4 Å². The summed E-state index contributed by atoms with van der Waals surface area (Å²) in [4.78, 5) is 2.00. The van der Waals surface area contributed by atoms with Gasteiger partial charge in [-0.3, -0.25) is 9.58 Å². The number of aliphatic hydroxyl groups is 2. The zero-order valence-corrected chi connectivity index (χ0v) is 13.2. The maximum absolute atomic E-state index is 14.3. The molecule has 1 aliphatic rings. The van der Waals surface area contributed by atoms with Crippen molar-refractivity contribution in [3.05, 3.63) is 46.8 Å². The Labute approximate surface area is 137 Å². The van der Waals surface area contributed by atoms with Crippen LogP contribution in [-0.4, -0.2) is 45.2 Å². The molecule has 0 spiro atoms. The minimum absolute atomic E-state index is 0.311. The topological polar surface area (TPSA) is 70.8 Å². The average Bonchev–Trinajstić information content (AvgIpc) is 3.00. The van der Waals surface area contributed by atoms with Gasteiger partial charge in [0.1, 0.15) is 6.10 Å². The van der Waals surface area contributed by atoms with Gasteiger partial charge in [0.05, 0.1) is 31.6 Å². The molecule has 0 saturated heterocycles. The molecule has 2 aromatic rings. The molecule has 24 heavy (non-hydrogen) atoms.